The van der Waals surface area contributed by atoms with Gasteiger partial charge in [-0.25, -0.2) is 0 Å². The minimum absolute atomic E-state index is 0.337. The third-order valence-corrected chi connectivity index (χ3v) is 6.62. The molecule has 0 aliphatic carbocycles. The molecule has 0 radical (unpaired) electrons. The predicted molar refractivity (Wildman–Crippen MR) is 95.9 cm³/mol. The zero-order chi connectivity index (χ0) is 14.5. The normalized spacial score (nSPS) is 12.6. The fourth-order valence-electron chi connectivity index (χ4n) is 1.98. The molecule has 1 atom stereocenters. The van der Waals surface area contributed by atoms with Gasteiger partial charge in [-0.3, -0.25) is 0 Å². The van der Waals surface area contributed by atoms with Crippen LogP contribution in [0.1, 0.15) is 29.8 Å². The molecule has 108 valence electrons. The number of halogens is 3. The van der Waals surface area contributed by atoms with Gasteiger partial charge in [0, 0.05) is 20.4 Å². The molecule has 0 amide bonds. The fourth-order valence-corrected chi connectivity index (χ4v) is 4.27. The Morgan fingerprint density at radius 2 is 1.95 bits per heavy atom. The van der Waals surface area contributed by atoms with Crippen molar-refractivity contribution >= 4 is 54.8 Å². The van der Waals surface area contributed by atoms with Crippen LogP contribution >= 0.6 is 54.8 Å². The Bertz CT molecular complexity index is 534. The molecular formula is C15H16Br2ClNS. The van der Waals surface area contributed by atoms with Crippen LogP contribution in [-0.4, -0.2) is 6.54 Å². The van der Waals surface area contributed by atoms with Gasteiger partial charge in [0.05, 0.1) is 3.79 Å². The Balaban J connectivity index is 2.16. The molecule has 1 aromatic carbocycles. The van der Waals surface area contributed by atoms with E-state index in [2.05, 4.69) is 62.3 Å². The van der Waals surface area contributed by atoms with E-state index in [-0.39, 0.29) is 0 Å². The summed E-state index contributed by atoms with van der Waals surface area (Å²) in [6.45, 7) is 3.21. The molecule has 5 heteroatoms. The van der Waals surface area contributed by atoms with E-state index in [1.165, 1.54) is 10.4 Å². The Kier molecular flexibility index (Phi) is 6.56. The summed E-state index contributed by atoms with van der Waals surface area (Å²) in [5.41, 5.74) is 1.30. The summed E-state index contributed by atoms with van der Waals surface area (Å²) in [5, 5.41) is 4.41. The molecule has 0 aliphatic heterocycles. The Labute approximate surface area is 146 Å². The van der Waals surface area contributed by atoms with Crippen LogP contribution in [0.3, 0.4) is 0 Å². The van der Waals surface area contributed by atoms with Gasteiger partial charge in [0.1, 0.15) is 0 Å². The first kappa shape index (κ1) is 16.5. The highest BCUT2D eigenvalue weighted by Crippen LogP contribution is 2.36. The number of benzene rings is 1. The van der Waals surface area contributed by atoms with Gasteiger partial charge in [-0.2, -0.15) is 0 Å². The molecule has 0 fully saturated rings. The van der Waals surface area contributed by atoms with Crippen LogP contribution in [0.5, 0.6) is 0 Å². The van der Waals surface area contributed by atoms with Crippen molar-refractivity contribution in [2.24, 2.45) is 0 Å². The van der Waals surface area contributed by atoms with Crippen molar-refractivity contribution in [3.8, 4) is 0 Å². The fraction of sp³-hybridized carbons (Fsp3) is 0.333. The standard InChI is InChI=1S/C15H16Br2ClNS/c1-2-7-19-13(14-9-12(16)15(17)20-14)8-10-3-5-11(18)6-4-10/h3-6,9,13,19H,2,7-8H2,1H3. The quantitative estimate of drug-likeness (QED) is 0.566. The maximum absolute atomic E-state index is 5.95. The van der Waals surface area contributed by atoms with Gasteiger partial charge >= 0.3 is 0 Å². The molecule has 20 heavy (non-hydrogen) atoms. The molecule has 1 aromatic heterocycles. The van der Waals surface area contributed by atoms with E-state index in [4.69, 9.17) is 11.6 Å². The van der Waals surface area contributed by atoms with Crippen molar-refractivity contribution in [3.05, 3.63) is 54.1 Å². The molecule has 1 N–H and O–H groups in total. The Morgan fingerprint density at radius 3 is 2.50 bits per heavy atom. The summed E-state index contributed by atoms with van der Waals surface area (Å²) in [5.74, 6) is 0. The van der Waals surface area contributed by atoms with Gasteiger partial charge in [-0.05, 0) is 75.0 Å². The van der Waals surface area contributed by atoms with Crippen molar-refractivity contribution < 1.29 is 0 Å². The maximum Gasteiger partial charge on any atom is 0.0843 e. The first-order chi connectivity index (χ1) is 9.60. The zero-order valence-electron chi connectivity index (χ0n) is 11.1. The summed E-state index contributed by atoms with van der Waals surface area (Å²) in [6.07, 6.45) is 2.10. The van der Waals surface area contributed by atoms with Gasteiger partial charge in [0.25, 0.3) is 0 Å². The SMILES string of the molecule is CCCNC(Cc1ccc(Cl)cc1)c1cc(Br)c(Br)s1. The van der Waals surface area contributed by atoms with E-state index in [9.17, 15) is 0 Å². The van der Waals surface area contributed by atoms with Crippen LogP contribution in [0.2, 0.25) is 5.02 Å². The average Bonchev–Trinajstić information content (AvgIpc) is 2.77. The first-order valence-electron chi connectivity index (χ1n) is 6.52. The van der Waals surface area contributed by atoms with Crippen molar-refractivity contribution in [2.75, 3.05) is 6.54 Å². The molecule has 2 rings (SSSR count). The first-order valence-corrected chi connectivity index (χ1v) is 9.30. The molecule has 2 aromatic rings. The lowest BCUT2D eigenvalue weighted by molar-refractivity contribution is 0.536. The number of nitrogens with one attached hydrogen (secondary N) is 1. The molecule has 0 saturated heterocycles. The summed E-state index contributed by atoms with van der Waals surface area (Å²) in [4.78, 5) is 1.34. The number of hydrogen-bond donors (Lipinski definition) is 1. The van der Waals surface area contributed by atoms with Crippen LogP contribution in [0.15, 0.2) is 38.6 Å². The topological polar surface area (TPSA) is 12.0 Å². The summed E-state index contributed by atoms with van der Waals surface area (Å²) >= 11 is 14.9. The lowest BCUT2D eigenvalue weighted by Gasteiger charge is -2.17. The smallest absolute Gasteiger partial charge is 0.0843 e. The van der Waals surface area contributed by atoms with E-state index in [1.807, 2.05) is 12.1 Å². The lowest BCUT2D eigenvalue weighted by atomic mass is 10.0. The third-order valence-electron chi connectivity index (χ3n) is 3.00. The third kappa shape index (κ3) is 4.57. The number of hydrogen-bond acceptors (Lipinski definition) is 2. The molecule has 0 bridgehead atoms. The van der Waals surface area contributed by atoms with Crippen LogP contribution in [-0.2, 0) is 6.42 Å². The highest BCUT2D eigenvalue weighted by Gasteiger charge is 2.16. The van der Waals surface area contributed by atoms with Gasteiger partial charge < -0.3 is 5.32 Å². The van der Waals surface area contributed by atoms with E-state index in [0.717, 1.165) is 32.7 Å². The van der Waals surface area contributed by atoms with Crippen molar-refractivity contribution in [3.63, 3.8) is 0 Å². The van der Waals surface area contributed by atoms with E-state index in [0.29, 0.717) is 6.04 Å². The summed E-state index contributed by atoms with van der Waals surface area (Å²) in [7, 11) is 0. The van der Waals surface area contributed by atoms with Crippen molar-refractivity contribution in [1.29, 1.82) is 0 Å². The van der Waals surface area contributed by atoms with E-state index >= 15 is 0 Å². The number of thiophene rings is 1. The minimum atomic E-state index is 0.337. The van der Waals surface area contributed by atoms with Crippen LogP contribution in [0.4, 0.5) is 0 Å². The predicted octanol–water partition coefficient (Wildman–Crippen LogP) is 6.21. The summed E-state index contributed by atoms with van der Waals surface area (Å²) < 4.78 is 2.27. The average molecular weight is 438 g/mol. The van der Waals surface area contributed by atoms with Gasteiger partial charge in [0.2, 0.25) is 0 Å². The Morgan fingerprint density at radius 1 is 1.25 bits per heavy atom. The van der Waals surface area contributed by atoms with Crippen molar-refractivity contribution in [1.82, 2.24) is 5.32 Å². The van der Waals surface area contributed by atoms with Crippen LogP contribution in [0, 0.1) is 0 Å². The highest BCUT2D eigenvalue weighted by atomic mass is 79.9. The van der Waals surface area contributed by atoms with Crippen LogP contribution < -0.4 is 5.32 Å². The largest absolute Gasteiger partial charge is 0.309 e. The number of rotatable bonds is 6. The minimum Gasteiger partial charge on any atom is -0.309 e. The van der Waals surface area contributed by atoms with Gasteiger partial charge in [-0.15, -0.1) is 11.3 Å². The lowest BCUT2D eigenvalue weighted by Crippen LogP contribution is -2.23. The van der Waals surface area contributed by atoms with Gasteiger partial charge in [0.15, 0.2) is 0 Å². The summed E-state index contributed by atoms with van der Waals surface area (Å²) in [6, 6.07) is 10.6. The molecule has 1 heterocycles. The molecular weight excluding hydrogens is 421 g/mol. The molecule has 0 aliphatic rings. The van der Waals surface area contributed by atoms with Crippen molar-refractivity contribution in [2.45, 2.75) is 25.8 Å². The Hall–Kier alpha value is 0.130. The molecule has 0 spiro atoms. The second-order valence-corrected chi connectivity index (χ2v) is 8.30. The van der Waals surface area contributed by atoms with Crippen LogP contribution in [0.25, 0.3) is 0 Å². The second-order valence-electron chi connectivity index (χ2n) is 4.61. The second kappa shape index (κ2) is 7.95. The molecule has 1 unspecified atom stereocenters. The maximum atomic E-state index is 5.95. The van der Waals surface area contributed by atoms with E-state index < -0.39 is 0 Å². The zero-order valence-corrected chi connectivity index (χ0v) is 15.9. The van der Waals surface area contributed by atoms with E-state index in [1.54, 1.807) is 11.3 Å². The monoisotopic (exact) mass is 435 g/mol. The van der Waals surface area contributed by atoms with Gasteiger partial charge in [-0.1, -0.05) is 30.7 Å². The highest BCUT2D eigenvalue weighted by molar-refractivity contribution is 9.13. The molecule has 1 nitrogen and oxygen atoms in total. The molecule has 0 saturated carbocycles.